The number of rotatable bonds is 2. The lowest BCUT2D eigenvalue weighted by Gasteiger charge is -2.42. The molecule has 1 N–H and O–H groups in total. The molecule has 19 heavy (non-hydrogen) atoms. The zero-order valence-corrected chi connectivity index (χ0v) is 12.0. The number of piperidine rings is 1. The van der Waals surface area contributed by atoms with Crippen molar-refractivity contribution in [1.29, 1.82) is 0 Å². The van der Waals surface area contributed by atoms with Gasteiger partial charge < -0.3 is 14.9 Å². The highest BCUT2D eigenvalue weighted by Crippen LogP contribution is 2.44. The minimum absolute atomic E-state index is 0.525. The summed E-state index contributed by atoms with van der Waals surface area (Å²) in [5.41, 5.74) is 0.291. The Kier molecular flexibility index (Phi) is 3.02. The van der Waals surface area contributed by atoms with Gasteiger partial charge in [0.25, 0.3) is 0 Å². The normalized spacial score (nSPS) is 34.5. The molecule has 1 aromatic heterocycles. The molecule has 2 unspecified atom stereocenters. The molecule has 2 saturated heterocycles. The SMILES string of the molecule is CN(C)c1ccc(C2(O)CC3CCC(C2)N3C)cn1. The third-order valence-electron chi connectivity index (χ3n) is 4.88. The highest BCUT2D eigenvalue weighted by molar-refractivity contribution is 5.38. The average molecular weight is 261 g/mol. The van der Waals surface area contributed by atoms with E-state index in [9.17, 15) is 5.11 Å². The monoisotopic (exact) mass is 261 g/mol. The Morgan fingerprint density at radius 2 is 1.89 bits per heavy atom. The fourth-order valence-corrected chi connectivity index (χ4v) is 3.61. The summed E-state index contributed by atoms with van der Waals surface area (Å²) in [5, 5.41) is 11.0. The van der Waals surface area contributed by atoms with Crippen LogP contribution in [-0.2, 0) is 5.60 Å². The van der Waals surface area contributed by atoms with Gasteiger partial charge in [-0.15, -0.1) is 0 Å². The molecule has 2 aliphatic heterocycles. The summed E-state index contributed by atoms with van der Waals surface area (Å²) in [6, 6.07) is 5.08. The smallest absolute Gasteiger partial charge is 0.127 e. The van der Waals surface area contributed by atoms with Gasteiger partial charge in [0, 0.05) is 37.9 Å². The Bertz CT molecular complexity index is 443. The first-order valence-corrected chi connectivity index (χ1v) is 7.08. The summed E-state index contributed by atoms with van der Waals surface area (Å²) in [4.78, 5) is 8.86. The molecule has 2 atom stereocenters. The Labute approximate surface area is 115 Å². The topological polar surface area (TPSA) is 39.6 Å². The van der Waals surface area contributed by atoms with Crippen LogP contribution in [0, 0.1) is 0 Å². The van der Waals surface area contributed by atoms with Gasteiger partial charge in [0.1, 0.15) is 5.82 Å². The molecule has 2 aliphatic rings. The lowest BCUT2D eigenvalue weighted by molar-refractivity contribution is -0.0495. The fourth-order valence-electron chi connectivity index (χ4n) is 3.61. The van der Waals surface area contributed by atoms with E-state index >= 15 is 0 Å². The van der Waals surface area contributed by atoms with Gasteiger partial charge in [-0.3, -0.25) is 0 Å². The van der Waals surface area contributed by atoms with Crippen LogP contribution in [0.2, 0.25) is 0 Å². The number of pyridine rings is 1. The van der Waals surface area contributed by atoms with Crippen LogP contribution in [0.4, 0.5) is 5.82 Å². The largest absolute Gasteiger partial charge is 0.385 e. The molecule has 0 spiro atoms. The molecule has 0 aromatic carbocycles. The van der Waals surface area contributed by atoms with E-state index in [1.807, 2.05) is 37.3 Å². The van der Waals surface area contributed by atoms with Crippen LogP contribution < -0.4 is 4.90 Å². The zero-order chi connectivity index (χ0) is 13.6. The van der Waals surface area contributed by atoms with Crippen LogP contribution in [-0.4, -0.2) is 48.2 Å². The van der Waals surface area contributed by atoms with Crippen molar-refractivity contribution in [1.82, 2.24) is 9.88 Å². The number of nitrogens with zero attached hydrogens (tertiary/aromatic N) is 3. The van der Waals surface area contributed by atoms with Crippen molar-refractivity contribution in [2.24, 2.45) is 0 Å². The quantitative estimate of drug-likeness (QED) is 0.877. The second kappa shape index (κ2) is 4.46. The van der Waals surface area contributed by atoms with Gasteiger partial charge in [0.15, 0.2) is 0 Å². The molecular formula is C15H23N3O. The summed E-state index contributed by atoms with van der Waals surface area (Å²) in [5.74, 6) is 0.934. The first-order valence-electron chi connectivity index (χ1n) is 7.08. The fraction of sp³-hybridized carbons (Fsp3) is 0.667. The molecule has 4 heteroatoms. The highest BCUT2D eigenvalue weighted by atomic mass is 16.3. The predicted octanol–water partition coefficient (Wildman–Crippen LogP) is 1.59. The second-order valence-electron chi connectivity index (χ2n) is 6.29. The molecule has 4 nitrogen and oxygen atoms in total. The van der Waals surface area contributed by atoms with Gasteiger partial charge in [-0.05, 0) is 38.8 Å². The van der Waals surface area contributed by atoms with Gasteiger partial charge in [-0.25, -0.2) is 4.98 Å². The van der Waals surface area contributed by atoms with Crippen molar-refractivity contribution in [3.8, 4) is 0 Å². The van der Waals surface area contributed by atoms with E-state index in [1.54, 1.807) is 0 Å². The number of anilines is 1. The lowest BCUT2D eigenvalue weighted by Crippen LogP contribution is -2.47. The van der Waals surface area contributed by atoms with Crippen molar-refractivity contribution in [2.45, 2.75) is 43.4 Å². The minimum Gasteiger partial charge on any atom is -0.385 e. The van der Waals surface area contributed by atoms with Crippen LogP contribution >= 0.6 is 0 Å². The van der Waals surface area contributed by atoms with Crippen molar-refractivity contribution in [3.63, 3.8) is 0 Å². The van der Waals surface area contributed by atoms with Gasteiger partial charge in [-0.2, -0.15) is 0 Å². The average Bonchev–Trinajstić information content (AvgIpc) is 2.63. The zero-order valence-electron chi connectivity index (χ0n) is 12.0. The van der Waals surface area contributed by atoms with Gasteiger partial charge in [0.2, 0.25) is 0 Å². The van der Waals surface area contributed by atoms with E-state index < -0.39 is 5.60 Å². The number of fused-ring (bicyclic) bond motifs is 2. The lowest BCUT2D eigenvalue weighted by atomic mass is 9.81. The maximum atomic E-state index is 11.0. The predicted molar refractivity (Wildman–Crippen MR) is 76.3 cm³/mol. The van der Waals surface area contributed by atoms with Gasteiger partial charge >= 0.3 is 0 Å². The molecule has 3 heterocycles. The van der Waals surface area contributed by atoms with Crippen LogP contribution in [0.3, 0.4) is 0 Å². The second-order valence-corrected chi connectivity index (χ2v) is 6.29. The molecule has 0 aliphatic carbocycles. The summed E-state index contributed by atoms with van der Waals surface area (Å²) >= 11 is 0. The third kappa shape index (κ3) is 2.13. The molecular weight excluding hydrogens is 238 g/mol. The van der Waals surface area contributed by atoms with E-state index in [4.69, 9.17) is 0 Å². The Balaban J connectivity index is 1.85. The van der Waals surface area contributed by atoms with Crippen LogP contribution in [0.1, 0.15) is 31.2 Å². The third-order valence-corrected chi connectivity index (χ3v) is 4.88. The first kappa shape index (κ1) is 12.9. The number of hydrogen-bond acceptors (Lipinski definition) is 4. The maximum Gasteiger partial charge on any atom is 0.127 e. The van der Waals surface area contributed by atoms with Crippen LogP contribution in [0.5, 0.6) is 0 Å². The molecule has 1 aromatic rings. The first-order chi connectivity index (χ1) is 8.99. The van der Waals surface area contributed by atoms with E-state index in [0.29, 0.717) is 12.1 Å². The van der Waals surface area contributed by atoms with E-state index in [1.165, 1.54) is 12.8 Å². The summed E-state index contributed by atoms with van der Waals surface area (Å²) in [6.45, 7) is 0. The van der Waals surface area contributed by atoms with Gasteiger partial charge in [-0.1, -0.05) is 6.07 Å². The standard InChI is InChI=1S/C15H23N3O/c1-17(2)14-7-4-11(10-16-14)15(19)8-12-5-6-13(9-15)18(12)3/h4,7,10,12-13,19H,5-6,8-9H2,1-3H3. The molecule has 0 saturated carbocycles. The Morgan fingerprint density at radius 3 is 2.37 bits per heavy atom. The Morgan fingerprint density at radius 1 is 1.26 bits per heavy atom. The van der Waals surface area contributed by atoms with Crippen LogP contribution in [0.15, 0.2) is 18.3 Å². The highest BCUT2D eigenvalue weighted by Gasteiger charge is 2.46. The Hall–Kier alpha value is -1.13. The molecule has 0 radical (unpaired) electrons. The van der Waals surface area contributed by atoms with Crippen molar-refractivity contribution in [2.75, 3.05) is 26.0 Å². The molecule has 104 valence electrons. The summed E-state index contributed by atoms with van der Waals surface area (Å²) in [6.07, 6.45) is 5.95. The van der Waals surface area contributed by atoms with Crippen molar-refractivity contribution >= 4 is 5.82 Å². The van der Waals surface area contributed by atoms with Crippen molar-refractivity contribution < 1.29 is 5.11 Å². The van der Waals surface area contributed by atoms with Crippen LogP contribution in [0.25, 0.3) is 0 Å². The number of aromatic nitrogens is 1. The maximum absolute atomic E-state index is 11.0. The minimum atomic E-state index is -0.684. The van der Waals surface area contributed by atoms with E-state index in [2.05, 4.69) is 16.9 Å². The molecule has 3 rings (SSSR count). The summed E-state index contributed by atoms with van der Waals surface area (Å²) < 4.78 is 0. The number of hydrogen-bond donors (Lipinski definition) is 1. The summed E-state index contributed by atoms with van der Waals surface area (Å²) in [7, 11) is 6.15. The van der Waals surface area contributed by atoms with E-state index in [-0.39, 0.29) is 0 Å². The van der Waals surface area contributed by atoms with E-state index in [0.717, 1.165) is 24.2 Å². The van der Waals surface area contributed by atoms with Gasteiger partial charge in [0.05, 0.1) is 5.60 Å². The number of aliphatic hydroxyl groups is 1. The molecule has 2 bridgehead atoms. The molecule has 0 amide bonds. The molecule has 2 fully saturated rings. The van der Waals surface area contributed by atoms with Crippen molar-refractivity contribution in [3.05, 3.63) is 23.9 Å².